The van der Waals surface area contributed by atoms with Gasteiger partial charge in [-0.2, -0.15) is 0 Å². The van der Waals surface area contributed by atoms with Gasteiger partial charge in [0.05, 0.1) is 9.82 Å². The molecule has 0 saturated heterocycles. The molecule has 1 aromatic heterocycles. The minimum atomic E-state index is -1.16. The number of carbonyl (C=O) groups is 1. The molecular weight excluding hydrogens is 424 g/mol. The van der Waals surface area contributed by atoms with E-state index in [1.54, 1.807) is 12.1 Å². The Morgan fingerprint density at radius 3 is 2.70 bits per heavy atom. The van der Waals surface area contributed by atoms with E-state index in [-0.39, 0.29) is 15.7 Å². The largest absolute Gasteiger partial charge is 0.477 e. The number of aliphatic carboxylic acids is 1. The van der Waals surface area contributed by atoms with Crippen LogP contribution in [-0.4, -0.2) is 31.2 Å². The lowest BCUT2D eigenvalue weighted by Gasteiger charge is -2.05. The summed E-state index contributed by atoms with van der Waals surface area (Å²) >= 11 is 2.17. The van der Waals surface area contributed by atoms with Crippen molar-refractivity contribution in [3.63, 3.8) is 0 Å². The normalized spacial score (nSPS) is 11.4. The zero-order valence-electron chi connectivity index (χ0n) is 15.9. The lowest BCUT2D eigenvalue weighted by molar-refractivity contribution is -0.387. The molecule has 154 valence electrons. The molecule has 0 fully saturated rings. The number of carboxylic acids is 1. The van der Waals surface area contributed by atoms with Gasteiger partial charge in [0.15, 0.2) is 0 Å². The van der Waals surface area contributed by atoms with Crippen molar-refractivity contribution in [1.82, 2.24) is 15.2 Å². The van der Waals surface area contributed by atoms with Gasteiger partial charge in [0.2, 0.25) is 5.16 Å². The van der Waals surface area contributed by atoms with E-state index in [1.807, 2.05) is 37.3 Å². The number of nitro benzene ring substituents is 1. The number of aromatic amines is 1. The average Bonchev–Trinajstić information content (AvgIpc) is 3.16. The number of carboxylic acid groups (broad SMARTS) is 1. The third kappa shape index (κ3) is 5.71. The first-order valence-electron chi connectivity index (χ1n) is 9.01. The Morgan fingerprint density at radius 2 is 2.03 bits per heavy atom. The number of rotatable bonds is 9. The van der Waals surface area contributed by atoms with Crippen molar-refractivity contribution in [2.24, 2.45) is 0 Å². The Bertz CT molecular complexity index is 1080. The molecule has 0 aliphatic heterocycles. The highest BCUT2D eigenvalue weighted by atomic mass is 32.2. The number of benzene rings is 2. The summed E-state index contributed by atoms with van der Waals surface area (Å²) in [5.74, 6) is -0.477. The minimum Gasteiger partial charge on any atom is -0.477 e. The first kappa shape index (κ1) is 21.6. The van der Waals surface area contributed by atoms with Gasteiger partial charge in [-0.05, 0) is 48.0 Å². The maximum absolute atomic E-state index is 11.7. The van der Waals surface area contributed by atoms with E-state index in [0.717, 1.165) is 23.1 Å². The number of thioether (sulfide) groups is 1. The quantitative estimate of drug-likeness (QED) is 0.205. The van der Waals surface area contributed by atoms with Crippen LogP contribution in [-0.2, 0) is 11.2 Å². The fraction of sp³-hybridized carbons (Fsp3) is 0.150. The molecule has 30 heavy (non-hydrogen) atoms. The van der Waals surface area contributed by atoms with E-state index in [1.165, 1.54) is 23.9 Å². The summed E-state index contributed by atoms with van der Waals surface area (Å²) in [6.07, 6.45) is 2.98. The summed E-state index contributed by atoms with van der Waals surface area (Å²) in [4.78, 5) is 28.3. The molecule has 0 atom stereocenters. The van der Waals surface area contributed by atoms with E-state index in [0.29, 0.717) is 22.7 Å². The summed E-state index contributed by atoms with van der Waals surface area (Å²) in [6, 6.07) is 14.0. The molecule has 0 aliphatic carbocycles. The first-order valence-corrected chi connectivity index (χ1v) is 10.6. The second kappa shape index (κ2) is 10.1. The molecule has 10 heteroatoms. The molecule has 0 amide bonds. The summed E-state index contributed by atoms with van der Waals surface area (Å²) in [7, 11) is 0. The van der Waals surface area contributed by atoms with Crippen molar-refractivity contribution in [3.8, 4) is 0 Å². The predicted octanol–water partition coefficient (Wildman–Crippen LogP) is 5.03. The van der Waals surface area contributed by atoms with Gasteiger partial charge in [0.25, 0.3) is 5.69 Å². The van der Waals surface area contributed by atoms with Gasteiger partial charge in [0, 0.05) is 17.4 Å². The Morgan fingerprint density at radius 1 is 1.27 bits per heavy atom. The van der Waals surface area contributed by atoms with Crippen molar-refractivity contribution < 1.29 is 14.8 Å². The maximum atomic E-state index is 11.7. The molecular formula is C20H18N4O4S2. The van der Waals surface area contributed by atoms with Crippen molar-refractivity contribution in [2.75, 3.05) is 0 Å². The number of aryl methyl sites for hydroxylation is 1. The summed E-state index contributed by atoms with van der Waals surface area (Å²) in [6.45, 7) is 2.00. The smallest absolute Gasteiger partial charge is 0.342 e. The Labute approximate surface area is 181 Å². The summed E-state index contributed by atoms with van der Waals surface area (Å²) < 4.78 is 0. The van der Waals surface area contributed by atoms with E-state index in [9.17, 15) is 20.0 Å². The van der Waals surface area contributed by atoms with Crippen LogP contribution in [0.25, 0.3) is 6.08 Å². The molecule has 0 radical (unpaired) electrons. The van der Waals surface area contributed by atoms with Gasteiger partial charge in [0.1, 0.15) is 10.7 Å². The average molecular weight is 443 g/mol. The van der Waals surface area contributed by atoms with Gasteiger partial charge < -0.3 is 5.11 Å². The van der Waals surface area contributed by atoms with Gasteiger partial charge in [-0.15, -0.1) is 5.10 Å². The highest BCUT2D eigenvalue weighted by Gasteiger charge is 2.18. The van der Waals surface area contributed by atoms with Gasteiger partial charge in [-0.25, -0.2) is 9.78 Å². The maximum Gasteiger partial charge on any atom is 0.342 e. The molecule has 0 aliphatic rings. The minimum absolute atomic E-state index is 0.0326. The zero-order valence-corrected chi connectivity index (χ0v) is 17.6. The molecule has 2 aromatic carbocycles. The highest BCUT2D eigenvalue weighted by molar-refractivity contribution is 8.04. The van der Waals surface area contributed by atoms with Crippen molar-refractivity contribution in [3.05, 3.63) is 74.9 Å². The molecule has 1 heterocycles. The van der Waals surface area contributed by atoms with E-state index in [2.05, 4.69) is 15.2 Å². The van der Waals surface area contributed by atoms with Crippen LogP contribution in [0.4, 0.5) is 5.69 Å². The number of hydrogen-bond donors (Lipinski definition) is 2. The van der Waals surface area contributed by atoms with Crippen LogP contribution in [0.2, 0.25) is 0 Å². The molecule has 0 saturated carbocycles. The monoisotopic (exact) mass is 442 g/mol. The van der Waals surface area contributed by atoms with Crippen LogP contribution in [0.3, 0.4) is 0 Å². The molecule has 3 rings (SSSR count). The lowest BCUT2D eigenvalue weighted by atomic mass is 10.2. The number of nitro groups is 1. The van der Waals surface area contributed by atoms with Crippen molar-refractivity contribution >= 4 is 41.3 Å². The van der Waals surface area contributed by atoms with E-state index < -0.39 is 10.9 Å². The predicted molar refractivity (Wildman–Crippen MR) is 116 cm³/mol. The molecule has 2 N–H and O–H groups in total. The van der Waals surface area contributed by atoms with Crippen molar-refractivity contribution in [1.29, 1.82) is 0 Å². The van der Waals surface area contributed by atoms with E-state index >= 15 is 0 Å². The Hall–Kier alpha value is -3.11. The van der Waals surface area contributed by atoms with Crippen LogP contribution < -0.4 is 0 Å². The fourth-order valence-electron chi connectivity index (χ4n) is 2.53. The number of hydrogen-bond acceptors (Lipinski definition) is 7. The number of nitrogens with zero attached hydrogens (tertiary/aromatic N) is 3. The molecule has 0 unspecified atom stereocenters. The summed E-state index contributed by atoms with van der Waals surface area (Å²) in [5, 5.41) is 28.2. The molecule has 3 aromatic rings. The second-order valence-corrected chi connectivity index (χ2v) is 8.25. The molecule has 0 spiro atoms. The second-order valence-electron chi connectivity index (χ2n) is 6.13. The molecule has 8 nitrogen and oxygen atoms in total. The SMILES string of the molecule is CCCc1nc(S/C(=C/c2ccc(Sc3ccccc3)c([N+](=O)[O-])c2)C(=O)O)n[nH]1. The third-order valence-corrected chi connectivity index (χ3v) is 5.81. The lowest BCUT2D eigenvalue weighted by Crippen LogP contribution is -1.98. The molecule has 0 bridgehead atoms. The van der Waals surface area contributed by atoms with Gasteiger partial charge in [-0.1, -0.05) is 43.0 Å². The van der Waals surface area contributed by atoms with Crippen LogP contribution in [0.5, 0.6) is 0 Å². The van der Waals surface area contributed by atoms with Crippen molar-refractivity contribution in [2.45, 2.75) is 34.7 Å². The Balaban J connectivity index is 1.88. The standard InChI is InChI=1S/C20H18N4O4S2/c1-2-6-18-21-20(23-22-18)30-17(19(25)26)12-13-9-10-16(15(11-13)24(27)28)29-14-7-4-3-5-8-14/h3-5,7-12H,2,6H2,1H3,(H,25,26)(H,21,22,23)/b17-12+. The summed E-state index contributed by atoms with van der Waals surface area (Å²) in [5.41, 5.74) is 0.323. The zero-order chi connectivity index (χ0) is 21.5. The van der Waals surface area contributed by atoms with Gasteiger partial charge in [-0.3, -0.25) is 15.2 Å². The number of H-pyrrole nitrogens is 1. The van der Waals surface area contributed by atoms with Crippen LogP contribution in [0.1, 0.15) is 24.7 Å². The fourth-order valence-corrected chi connectivity index (χ4v) is 4.17. The number of nitrogens with one attached hydrogen (secondary N) is 1. The topological polar surface area (TPSA) is 122 Å². The highest BCUT2D eigenvalue weighted by Crippen LogP contribution is 2.36. The third-order valence-electron chi connectivity index (χ3n) is 3.86. The number of aromatic nitrogens is 3. The first-order chi connectivity index (χ1) is 14.5. The van der Waals surface area contributed by atoms with Gasteiger partial charge >= 0.3 is 5.97 Å². The van der Waals surface area contributed by atoms with Crippen LogP contribution in [0.15, 0.2) is 68.4 Å². The van der Waals surface area contributed by atoms with Crippen LogP contribution >= 0.6 is 23.5 Å². The van der Waals surface area contributed by atoms with Crippen LogP contribution in [0, 0.1) is 10.1 Å². The Kier molecular flexibility index (Phi) is 7.26. The van der Waals surface area contributed by atoms with E-state index in [4.69, 9.17) is 0 Å².